The van der Waals surface area contributed by atoms with E-state index < -0.39 is 0 Å². The second-order valence-electron chi connectivity index (χ2n) is 6.62. The Hall–Kier alpha value is -2.67. The van der Waals surface area contributed by atoms with Crippen molar-refractivity contribution in [2.45, 2.75) is 13.1 Å². The number of thiophene rings is 1. The molecule has 0 spiro atoms. The maximum Gasteiger partial charge on any atom is 0.144 e. The van der Waals surface area contributed by atoms with E-state index in [0.717, 1.165) is 44.1 Å². The molecule has 136 valence electrons. The minimum atomic E-state index is 0.371. The molecule has 2 N–H and O–H groups in total. The number of hydrogen-bond acceptors (Lipinski definition) is 6. The maximum absolute atomic E-state index is 5.96. The van der Waals surface area contributed by atoms with Crippen LogP contribution >= 0.6 is 11.3 Å². The first-order valence-electron chi connectivity index (χ1n) is 8.80. The van der Waals surface area contributed by atoms with Gasteiger partial charge < -0.3 is 10.6 Å². The average Bonchev–Trinajstić information content (AvgIpc) is 3.11. The van der Waals surface area contributed by atoms with Crippen molar-refractivity contribution in [3.63, 3.8) is 0 Å². The van der Waals surface area contributed by atoms with E-state index in [4.69, 9.17) is 15.7 Å². The van der Waals surface area contributed by atoms with Crippen LogP contribution in [0.25, 0.3) is 32.6 Å². The van der Waals surface area contributed by atoms with E-state index in [2.05, 4.69) is 39.5 Å². The average molecular weight is 376 g/mol. The fourth-order valence-electron chi connectivity index (χ4n) is 3.18. The summed E-state index contributed by atoms with van der Waals surface area (Å²) in [4.78, 5) is 17.3. The Morgan fingerprint density at radius 2 is 1.81 bits per heavy atom. The molecule has 4 rings (SSSR count). The number of benzene rings is 1. The summed E-state index contributed by atoms with van der Waals surface area (Å²) in [6, 6.07) is 14.3. The molecule has 0 saturated carbocycles. The van der Waals surface area contributed by atoms with Gasteiger partial charge in [0, 0.05) is 34.6 Å². The number of aromatic nitrogens is 3. The number of rotatable bonds is 5. The lowest BCUT2D eigenvalue weighted by molar-refractivity contribution is 0.391. The zero-order chi connectivity index (χ0) is 18.8. The molecule has 27 heavy (non-hydrogen) atoms. The van der Waals surface area contributed by atoms with Crippen molar-refractivity contribution in [2.75, 3.05) is 14.1 Å². The molecule has 0 saturated heterocycles. The van der Waals surface area contributed by atoms with Gasteiger partial charge in [-0.3, -0.25) is 4.98 Å². The molecule has 0 amide bonds. The SMILES string of the molecule is CN(C)Cc1nc(-c2cccnc2CN)c2c(-c3ccccc3)csc2n1. The van der Waals surface area contributed by atoms with Crippen LogP contribution in [-0.4, -0.2) is 33.9 Å². The van der Waals surface area contributed by atoms with Crippen LogP contribution < -0.4 is 5.73 Å². The van der Waals surface area contributed by atoms with Crippen LogP contribution in [0, 0.1) is 0 Å². The van der Waals surface area contributed by atoms with Crippen LogP contribution in [0.2, 0.25) is 0 Å². The highest BCUT2D eigenvalue weighted by Crippen LogP contribution is 2.39. The molecular weight excluding hydrogens is 354 g/mol. The van der Waals surface area contributed by atoms with E-state index in [1.807, 2.05) is 32.3 Å². The summed E-state index contributed by atoms with van der Waals surface area (Å²) in [5.74, 6) is 0.802. The van der Waals surface area contributed by atoms with E-state index in [-0.39, 0.29) is 0 Å². The van der Waals surface area contributed by atoms with E-state index in [0.29, 0.717) is 13.1 Å². The van der Waals surface area contributed by atoms with Gasteiger partial charge in [0.15, 0.2) is 0 Å². The number of nitrogens with two attached hydrogens (primary N) is 1. The molecule has 3 heterocycles. The van der Waals surface area contributed by atoms with Crippen LogP contribution in [0.4, 0.5) is 0 Å². The highest BCUT2D eigenvalue weighted by molar-refractivity contribution is 7.17. The Morgan fingerprint density at radius 3 is 2.56 bits per heavy atom. The first-order chi connectivity index (χ1) is 13.2. The Balaban J connectivity index is 2.02. The molecule has 0 atom stereocenters. The van der Waals surface area contributed by atoms with Gasteiger partial charge in [0.1, 0.15) is 10.7 Å². The molecule has 6 heteroatoms. The van der Waals surface area contributed by atoms with Gasteiger partial charge in [-0.2, -0.15) is 0 Å². The second kappa shape index (κ2) is 7.52. The molecule has 0 radical (unpaired) electrons. The third-order valence-electron chi connectivity index (χ3n) is 4.36. The quantitative estimate of drug-likeness (QED) is 0.572. The summed E-state index contributed by atoms with van der Waals surface area (Å²) >= 11 is 1.65. The zero-order valence-electron chi connectivity index (χ0n) is 15.4. The van der Waals surface area contributed by atoms with Crippen molar-refractivity contribution in [1.29, 1.82) is 0 Å². The van der Waals surface area contributed by atoms with Crippen LogP contribution in [0.1, 0.15) is 11.5 Å². The van der Waals surface area contributed by atoms with Gasteiger partial charge in [0.05, 0.1) is 17.9 Å². The molecule has 1 aromatic carbocycles. The minimum Gasteiger partial charge on any atom is -0.325 e. The predicted octanol–water partition coefficient (Wildman–Crippen LogP) is 3.94. The molecule has 4 aromatic rings. The van der Waals surface area contributed by atoms with Gasteiger partial charge in [-0.25, -0.2) is 9.97 Å². The molecule has 0 aliphatic carbocycles. The van der Waals surface area contributed by atoms with Gasteiger partial charge in [-0.1, -0.05) is 30.3 Å². The molecular formula is C21H21N5S. The third-order valence-corrected chi connectivity index (χ3v) is 5.23. The Morgan fingerprint density at radius 1 is 1.00 bits per heavy atom. The lowest BCUT2D eigenvalue weighted by Crippen LogP contribution is -2.14. The summed E-state index contributed by atoms with van der Waals surface area (Å²) in [6.45, 7) is 1.05. The standard InChI is InChI=1S/C21H21N5S/c1-26(2)12-18-24-20(15-9-6-10-23-17(15)11-22)19-16(13-27-21(19)25-18)14-7-4-3-5-8-14/h3-10,13H,11-12,22H2,1-2H3. The van der Waals surface area contributed by atoms with E-state index in [1.165, 1.54) is 0 Å². The molecule has 0 bridgehead atoms. The van der Waals surface area contributed by atoms with Crippen molar-refractivity contribution < 1.29 is 0 Å². The first-order valence-corrected chi connectivity index (χ1v) is 9.68. The lowest BCUT2D eigenvalue weighted by atomic mass is 10.0. The Labute approximate surface area is 162 Å². The Kier molecular flexibility index (Phi) is 4.94. The summed E-state index contributed by atoms with van der Waals surface area (Å²) in [5, 5.41) is 3.23. The predicted molar refractivity (Wildman–Crippen MR) is 111 cm³/mol. The van der Waals surface area contributed by atoms with E-state index >= 15 is 0 Å². The molecule has 5 nitrogen and oxygen atoms in total. The minimum absolute atomic E-state index is 0.371. The summed E-state index contributed by atoms with van der Waals surface area (Å²) < 4.78 is 0. The van der Waals surface area contributed by atoms with Gasteiger partial charge in [-0.15, -0.1) is 11.3 Å². The van der Waals surface area contributed by atoms with Gasteiger partial charge in [0.2, 0.25) is 0 Å². The summed E-state index contributed by atoms with van der Waals surface area (Å²) in [7, 11) is 4.04. The van der Waals surface area contributed by atoms with Crippen molar-refractivity contribution in [3.8, 4) is 22.4 Å². The number of fused-ring (bicyclic) bond motifs is 1. The van der Waals surface area contributed by atoms with Crippen molar-refractivity contribution in [2.24, 2.45) is 5.73 Å². The van der Waals surface area contributed by atoms with Crippen LogP contribution in [0.15, 0.2) is 54.0 Å². The van der Waals surface area contributed by atoms with Gasteiger partial charge in [0.25, 0.3) is 0 Å². The topological polar surface area (TPSA) is 67.9 Å². The third kappa shape index (κ3) is 3.47. The smallest absolute Gasteiger partial charge is 0.144 e. The van der Waals surface area contributed by atoms with Crippen molar-refractivity contribution in [1.82, 2.24) is 19.9 Å². The van der Waals surface area contributed by atoms with Crippen LogP contribution in [0.3, 0.4) is 0 Å². The van der Waals surface area contributed by atoms with Crippen LogP contribution in [0.5, 0.6) is 0 Å². The fraction of sp³-hybridized carbons (Fsp3) is 0.190. The Bertz CT molecular complexity index is 1070. The second-order valence-corrected chi connectivity index (χ2v) is 7.48. The highest BCUT2D eigenvalue weighted by Gasteiger charge is 2.19. The summed E-state index contributed by atoms with van der Waals surface area (Å²) in [5.41, 5.74) is 11.0. The van der Waals surface area contributed by atoms with E-state index in [1.54, 1.807) is 17.5 Å². The lowest BCUT2D eigenvalue weighted by Gasteiger charge is -2.13. The fourth-order valence-corrected chi connectivity index (χ4v) is 4.15. The maximum atomic E-state index is 5.96. The zero-order valence-corrected chi connectivity index (χ0v) is 16.2. The molecule has 0 aliphatic heterocycles. The van der Waals surface area contributed by atoms with E-state index in [9.17, 15) is 0 Å². The van der Waals surface area contributed by atoms with Gasteiger partial charge in [-0.05, 0) is 31.8 Å². The largest absolute Gasteiger partial charge is 0.325 e. The molecule has 3 aromatic heterocycles. The summed E-state index contributed by atoms with van der Waals surface area (Å²) in [6.07, 6.45) is 1.77. The van der Waals surface area contributed by atoms with Crippen molar-refractivity contribution >= 4 is 21.6 Å². The van der Waals surface area contributed by atoms with Gasteiger partial charge >= 0.3 is 0 Å². The molecule has 0 fully saturated rings. The van der Waals surface area contributed by atoms with Crippen molar-refractivity contribution in [3.05, 3.63) is 65.6 Å². The number of pyridine rings is 1. The molecule has 0 unspecified atom stereocenters. The highest BCUT2D eigenvalue weighted by atomic mass is 32.1. The number of hydrogen-bond donors (Lipinski definition) is 1. The normalized spacial score (nSPS) is 11.4. The van der Waals surface area contributed by atoms with Crippen LogP contribution in [-0.2, 0) is 13.1 Å². The number of nitrogens with zero attached hydrogens (tertiary/aromatic N) is 4. The monoisotopic (exact) mass is 375 g/mol. The molecule has 0 aliphatic rings. The first kappa shape index (κ1) is 17.7.